The van der Waals surface area contributed by atoms with Crippen LogP contribution >= 0.6 is 11.8 Å². The van der Waals surface area contributed by atoms with Crippen molar-refractivity contribution < 1.29 is 9.90 Å². The molecule has 0 bridgehead atoms. The zero-order valence-corrected chi connectivity index (χ0v) is 9.67. The lowest BCUT2D eigenvalue weighted by Crippen LogP contribution is -2.42. The van der Waals surface area contributed by atoms with Gasteiger partial charge in [0, 0.05) is 11.4 Å². The van der Waals surface area contributed by atoms with E-state index in [-0.39, 0.29) is 0 Å². The van der Waals surface area contributed by atoms with Gasteiger partial charge in [0.05, 0.1) is 12.0 Å². The SMILES string of the molecule is Cc1ncn(C2(C(=O)O)CCSC2)c1C. The Bertz CT molecular complexity index is 394. The highest BCUT2D eigenvalue weighted by atomic mass is 32.2. The number of imidazole rings is 1. The first-order chi connectivity index (χ1) is 7.08. The number of carboxylic acid groups (broad SMARTS) is 1. The van der Waals surface area contributed by atoms with Gasteiger partial charge >= 0.3 is 5.97 Å². The number of carbonyl (C=O) groups is 1. The molecule has 0 aromatic carbocycles. The molecule has 2 rings (SSSR count). The molecule has 1 fully saturated rings. The van der Waals surface area contributed by atoms with Crippen LogP contribution in [0.25, 0.3) is 0 Å². The van der Waals surface area contributed by atoms with Crippen LogP contribution in [0.3, 0.4) is 0 Å². The van der Waals surface area contributed by atoms with E-state index in [1.165, 1.54) is 0 Å². The molecule has 1 aromatic rings. The fourth-order valence-corrected chi connectivity index (χ4v) is 3.32. The highest BCUT2D eigenvalue weighted by molar-refractivity contribution is 7.99. The van der Waals surface area contributed by atoms with Crippen LogP contribution in [-0.4, -0.2) is 32.1 Å². The molecular formula is C10H14N2O2S. The van der Waals surface area contributed by atoms with Crippen molar-refractivity contribution in [1.29, 1.82) is 0 Å². The molecule has 5 heteroatoms. The van der Waals surface area contributed by atoms with Gasteiger partial charge in [0.1, 0.15) is 0 Å². The van der Waals surface area contributed by atoms with Gasteiger partial charge in [0.2, 0.25) is 0 Å². The van der Waals surface area contributed by atoms with Crippen LogP contribution in [0.4, 0.5) is 0 Å². The lowest BCUT2D eigenvalue weighted by Gasteiger charge is -2.26. The third kappa shape index (κ3) is 1.45. The monoisotopic (exact) mass is 226 g/mol. The van der Waals surface area contributed by atoms with Gasteiger partial charge in [-0.3, -0.25) is 0 Å². The van der Waals surface area contributed by atoms with E-state index in [2.05, 4.69) is 4.98 Å². The lowest BCUT2D eigenvalue weighted by atomic mass is 9.98. The Morgan fingerprint density at radius 3 is 2.80 bits per heavy atom. The van der Waals surface area contributed by atoms with Gasteiger partial charge in [-0.15, -0.1) is 0 Å². The Morgan fingerprint density at radius 2 is 2.40 bits per heavy atom. The summed E-state index contributed by atoms with van der Waals surface area (Å²) in [4.78, 5) is 15.6. The van der Waals surface area contributed by atoms with Crippen LogP contribution in [-0.2, 0) is 10.3 Å². The molecule has 1 unspecified atom stereocenters. The van der Waals surface area contributed by atoms with E-state index in [9.17, 15) is 9.90 Å². The van der Waals surface area contributed by atoms with Crippen LogP contribution in [0.1, 0.15) is 17.8 Å². The molecule has 1 atom stereocenters. The molecule has 2 heterocycles. The summed E-state index contributed by atoms with van der Waals surface area (Å²) in [6, 6.07) is 0. The van der Waals surface area contributed by atoms with Crippen molar-refractivity contribution in [3.63, 3.8) is 0 Å². The summed E-state index contributed by atoms with van der Waals surface area (Å²) in [7, 11) is 0. The molecule has 1 aliphatic rings. The molecule has 1 N–H and O–H groups in total. The van der Waals surface area contributed by atoms with Crippen molar-refractivity contribution >= 4 is 17.7 Å². The minimum Gasteiger partial charge on any atom is -0.479 e. The Kier molecular flexibility index (Phi) is 2.50. The topological polar surface area (TPSA) is 55.1 Å². The fraction of sp³-hybridized carbons (Fsp3) is 0.600. The van der Waals surface area contributed by atoms with Crippen molar-refractivity contribution in [3.05, 3.63) is 17.7 Å². The number of thioether (sulfide) groups is 1. The highest BCUT2D eigenvalue weighted by Gasteiger charge is 2.44. The van der Waals surface area contributed by atoms with Crippen molar-refractivity contribution in [2.45, 2.75) is 25.8 Å². The zero-order valence-electron chi connectivity index (χ0n) is 8.86. The van der Waals surface area contributed by atoms with E-state index in [0.29, 0.717) is 12.2 Å². The number of nitrogens with zero attached hydrogens (tertiary/aromatic N) is 2. The Labute approximate surface area is 92.7 Å². The van der Waals surface area contributed by atoms with Crippen molar-refractivity contribution in [3.8, 4) is 0 Å². The summed E-state index contributed by atoms with van der Waals surface area (Å²) in [5.41, 5.74) is 1.10. The number of aliphatic carboxylic acids is 1. The van der Waals surface area contributed by atoms with Crippen LogP contribution in [0.15, 0.2) is 6.33 Å². The van der Waals surface area contributed by atoms with Crippen LogP contribution in [0.2, 0.25) is 0 Å². The first kappa shape index (κ1) is 10.5. The summed E-state index contributed by atoms with van der Waals surface area (Å²) >= 11 is 1.69. The summed E-state index contributed by atoms with van der Waals surface area (Å²) in [6.45, 7) is 3.83. The van der Waals surface area contributed by atoms with Gasteiger partial charge in [0.25, 0.3) is 0 Å². The number of aryl methyl sites for hydroxylation is 1. The van der Waals surface area contributed by atoms with Gasteiger partial charge in [-0.05, 0) is 26.0 Å². The minimum atomic E-state index is -0.768. The zero-order chi connectivity index (χ0) is 11.1. The maximum atomic E-state index is 11.4. The number of hydrogen-bond acceptors (Lipinski definition) is 3. The third-order valence-corrected chi connectivity index (χ3v) is 4.29. The van der Waals surface area contributed by atoms with E-state index in [1.807, 2.05) is 18.4 Å². The fourth-order valence-electron chi connectivity index (χ4n) is 1.95. The second-order valence-corrected chi connectivity index (χ2v) is 5.03. The van der Waals surface area contributed by atoms with Crippen molar-refractivity contribution in [2.24, 2.45) is 0 Å². The standard InChI is InChI=1S/C10H14N2O2S/c1-7-8(2)12(6-11-7)10(9(13)14)3-4-15-5-10/h6H,3-5H2,1-2H3,(H,13,14). The van der Waals surface area contributed by atoms with Gasteiger partial charge in [0.15, 0.2) is 5.54 Å². The van der Waals surface area contributed by atoms with Gasteiger partial charge in [-0.25, -0.2) is 9.78 Å². The van der Waals surface area contributed by atoms with E-state index < -0.39 is 11.5 Å². The Balaban J connectivity index is 2.50. The summed E-state index contributed by atoms with van der Waals surface area (Å²) in [5, 5.41) is 9.39. The normalized spacial score (nSPS) is 25.7. The summed E-state index contributed by atoms with van der Waals surface area (Å²) in [5.74, 6) is 0.801. The molecule has 15 heavy (non-hydrogen) atoms. The summed E-state index contributed by atoms with van der Waals surface area (Å²) < 4.78 is 1.82. The first-order valence-corrected chi connectivity index (χ1v) is 6.05. The average Bonchev–Trinajstić information content (AvgIpc) is 2.77. The predicted octanol–water partition coefficient (Wildman–Crippen LogP) is 1.42. The second-order valence-electron chi connectivity index (χ2n) is 3.92. The maximum absolute atomic E-state index is 11.4. The van der Waals surface area contributed by atoms with Crippen molar-refractivity contribution in [1.82, 2.24) is 9.55 Å². The first-order valence-electron chi connectivity index (χ1n) is 4.90. The number of aromatic nitrogens is 2. The molecule has 82 valence electrons. The molecule has 1 saturated heterocycles. The number of carboxylic acids is 1. The molecular weight excluding hydrogens is 212 g/mol. The number of hydrogen-bond donors (Lipinski definition) is 1. The molecule has 4 nitrogen and oxygen atoms in total. The lowest BCUT2D eigenvalue weighted by molar-refractivity contribution is -0.146. The van der Waals surface area contributed by atoms with E-state index >= 15 is 0 Å². The quantitative estimate of drug-likeness (QED) is 0.828. The smallest absolute Gasteiger partial charge is 0.330 e. The molecule has 0 amide bonds. The number of rotatable bonds is 2. The minimum absolute atomic E-state index is 0.638. The molecule has 1 aromatic heterocycles. The third-order valence-electron chi connectivity index (χ3n) is 3.11. The largest absolute Gasteiger partial charge is 0.479 e. The maximum Gasteiger partial charge on any atom is 0.330 e. The van der Waals surface area contributed by atoms with Crippen molar-refractivity contribution in [2.75, 3.05) is 11.5 Å². The van der Waals surface area contributed by atoms with E-state index in [1.54, 1.807) is 18.1 Å². The molecule has 0 spiro atoms. The molecule has 0 saturated carbocycles. The Morgan fingerprint density at radius 1 is 1.67 bits per heavy atom. The van der Waals surface area contributed by atoms with E-state index in [0.717, 1.165) is 17.1 Å². The van der Waals surface area contributed by atoms with Gasteiger partial charge in [-0.2, -0.15) is 11.8 Å². The van der Waals surface area contributed by atoms with Gasteiger partial charge < -0.3 is 9.67 Å². The second kappa shape index (κ2) is 3.56. The predicted molar refractivity (Wildman–Crippen MR) is 59.3 cm³/mol. The van der Waals surface area contributed by atoms with E-state index in [4.69, 9.17) is 0 Å². The van der Waals surface area contributed by atoms with Gasteiger partial charge in [-0.1, -0.05) is 0 Å². The molecule has 0 radical (unpaired) electrons. The molecule has 1 aliphatic heterocycles. The van der Waals surface area contributed by atoms with Crippen LogP contribution in [0.5, 0.6) is 0 Å². The Hall–Kier alpha value is -0.970. The molecule has 0 aliphatic carbocycles. The summed E-state index contributed by atoms with van der Waals surface area (Å²) in [6.07, 6.45) is 2.34. The highest BCUT2D eigenvalue weighted by Crippen LogP contribution is 2.36. The average molecular weight is 226 g/mol. The van der Waals surface area contributed by atoms with Crippen LogP contribution < -0.4 is 0 Å². The van der Waals surface area contributed by atoms with Crippen LogP contribution in [0, 0.1) is 13.8 Å².